The molecule has 5 nitrogen and oxygen atoms in total. The van der Waals surface area contributed by atoms with Crippen molar-refractivity contribution in [2.24, 2.45) is 5.92 Å². The van der Waals surface area contributed by atoms with Crippen LogP contribution >= 0.6 is 11.3 Å². The van der Waals surface area contributed by atoms with E-state index in [1.807, 2.05) is 50.4 Å². The van der Waals surface area contributed by atoms with Crippen LogP contribution in [-0.2, 0) is 4.79 Å². The van der Waals surface area contributed by atoms with Crippen molar-refractivity contribution in [1.29, 1.82) is 0 Å². The monoisotopic (exact) mass is 319 g/mol. The van der Waals surface area contributed by atoms with Crippen LogP contribution < -0.4 is 10.6 Å². The lowest BCUT2D eigenvalue weighted by Gasteiger charge is -2.14. The van der Waals surface area contributed by atoms with Gasteiger partial charge in [0, 0.05) is 16.8 Å². The van der Waals surface area contributed by atoms with E-state index in [9.17, 15) is 9.90 Å². The van der Waals surface area contributed by atoms with Crippen molar-refractivity contribution in [1.82, 2.24) is 4.98 Å². The van der Waals surface area contributed by atoms with Gasteiger partial charge in [-0.1, -0.05) is 13.8 Å². The molecule has 1 unspecified atom stereocenters. The summed E-state index contributed by atoms with van der Waals surface area (Å²) in [5.41, 5.74) is 2.61. The third kappa shape index (κ3) is 4.82. The number of hydrogen-bond donors (Lipinski definition) is 3. The first kappa shape index (κ1) is 16.5. The van der Waals surface area contributed by atoms with E-state index in [0.29, 0.717) is 5.69 Å². The number of carbonyl (C=O) groups excluding carboxylic acids is 1. The molecule has 0 spiro atoms. The summed E-state index contributed by atoms with van der Waals surface area (Å²) >= 11 is 1.55. The fourth-order valence-electron chi connectivity index (χ4n) is 1.81. The van der Waals surface area contributed by atoms with Gasteiger partial charge in [-0.05, 0) is 37.1 Å². The normalized spacial score (nSPS) is 12.2. The molecule has 0 saturated carbocycles. The van der Waals surface area contributed by atoms with E-state index in [-0.39, 0.29) is 18.2 Å². The molecule has 2 rings (SSSR count). The molecule has 0 bridgehead atoms. The highest BCUT2D eigenvalue weighted by molar-refractivity contribution is 7.13. The van der Waals surface area contributed by atoms with E-state index in [0.717, 1.165) is 16.5 Å². The van der Waals surface area contributed by atoms with Gasteiger partial charge in [0.25, 0.3) is 0 Å². The van der Waals surface area contributed by atoms with Crippen LogP contribution in [0.15, 0.2) is 29.6 Å². The number of nitrogens with zero attached hydrogens (tertiary/aromatic N) is 1. The minimum absolute atomic E-state index is 0.0686. The lowest BCUT2D eigenvalue weighted by atomic mass is 10.0. The van der Waals surface area contributed by atoms with E-state index in [4.69, 9.17) is 0 Å². The fraction of sp³-hybridized carbons (Fsp3) is 0.375. The molecule has 0 fully saturated rings. The van der Waals surface area contributed by atoms with Gasteiger partial charge in [-0.3, -0.25) is 4.79 Å². The SMILES string of the molecule is Cc1csc(Nc2ccc(NC(=O)CC(O)C(C)C)cc2)n1. The summed E-state index contributed by atoms with van der Waals surface area (Å²) in [7, 11) is 0. The predicted octanol–water partition coefficient (Wildman–Crippen LogP) is 3.54. The molecule has 0 radical (unpaired) electrons. The Balaban J connectivity index is 1.90. The number of aryl methyl sites for hydroxylation is 1. The minimum Gasteiger partial charge on any atom is -0.392 e. The van der Waals surface area contributed by atoms with Crippen LogP contribution in [-0.4, -0.2) is 22.1 Å². The molecule has 0 aliphatic rings. The third-order valence-electron chi connectivity index (χ3n) is 3.20. The van der Waals surface area contributed by atoms with Crippen LogP contribution in [0.1, 0.15) is 26.0 Å². The second-order valence-corrected chi connectivity index (χ2v) is 6.42. The molecule has 1 amide bonds. The van der Waals surface area contributed by atoms with E-state index in [1.165, 1.54) is 0 Å². The molecule has 0 saturated heterocycles. The molecule has 0 aliphatic heterocycles. The maximum Gasteiger partial charge on any atom is 0.226 e. The van der Waals surface area contributed by atoms with Crippen molar-refractivity contribution < 1.29 is 9.90 Å². The largest absolute Gasteiger partial charge is 0.392 e. The number of carbonyl (C=O) groups is 1. The summed E-state index contributed by atoms with van der Waals surface area (Å²) < 4.78 is 0. The molecule has 1 atom stereocenters. The Morgan fingerprint density at radius 1 is 1.27 bits per heavy atom. The Morgan fingerprint density at radius 2 is 1.91 bits per heavy atom. The first-order valence-corrected chi connectivity index (χ1v) is 8.09. The third-order valence-corrected chi connectivity index (χ3v) is 4.08. The van der Waals surface area contributed by atoms with Crippen LogP contribution in [0.5, 0.6) is 0 Å². The molecular weight excluding hydrogens is 298 g/mol. The molecule has 0 aliphatic carbocycles. The number of hydrogen-bond acceptors (Lipinski definition) is 5. The van der Waals surface area contributed by atoms with Crippen molar-refractivity contribution >= 4 is 33.8 Å². The van der Waals surface area contributed by atoms with Gasteiger partial charge >= 0.3 is 0 Å². The van der Waals surface area contributed by atoms with Crippen molar-refractivity contribution in [3.8, 4) is 0 Å². The standard InChI is InChI=1S/C16H21N3O2S/c1-10(2)14(20)8-15(21)18-12-4-6-13(7-5-12)19-16-17-11(3)9-22-16/h4-7,9-10,14,20H,8H2,1-3H3,(H,17,19)(H,18,21). The molecule has 1 aromatic heterocycles. The lowest BCUT2D eigenvalue weighted by molar-refractivity contribution is -0.118. The zero-order valence-electron chi connectivity index (χ0n) is 13.0. The summed E-state index contributed by atoms with van der Waals surface area (Å²) in [6.07, 6.45) is -0.509. The lowest BCUT2D eigenvalue weighted by Crippen LogP contribution is -2.23. The summed E-state index contributed by atoms with van der Waals surface area (Å²) in [5, 5.41) is 18.5. The van der Waals surface area contributed by atoms with Gasteiger partial charge in [0.15, 0.2) is 5.13 Å². The number of amides is 1. The second kappa shape index (κ2) is 7.38. The highest BCUT2D eigenvalue weighted by atomic mass is 32.1. The number of rotatable bonds is 6. The highest BCUT2D eigenvalue weighted by Crippen LogP contribution is 2.22. The van der Waals surface area contributed by atoms with E-state index >= 15 is 0 Å². The highest BCUT2D eigenvalue weighted by Gasteiger charge is 2.14. The zero-order valence-corrected chi connectivity index (χ0v) is 13.8. The number of benzene rings is 1. The van der Waals surface area contributed by atoms with Gasteiger partial charge < -0.3 is 15.7 Å². The smallest absolute Gasteiger partial charge is 0.226 e. The maximum atomic E-state index is 11.8. The Labute approximate surface area is 134 Å². The van der Waals surface area contributed by atoms with Gasteiger partial charge in [0.2, 0.25) is 5.91 Å². The van der Waals surface area contributed by atoms with E-state index in [1.54, 1.807) is 11.3 Å². The van der Waals surface area contributed by atoms with E-state index < -0.39 is 6.10 Å². The van der Waals surface area contributed by atoms with E-state index in [2.05, 4.69) is 15.6 Å². The Kier molecular flexibility index (Phi) is 5.51. The van der Waals surface area contributed by atoms with Crippen LogP contribution in [0, 0.1) is 12.8 Å². The maximum absolute atomic E-state index is 11.8. The van der Waals surface area contributed by atoms with Crippen LogP contribution in [0.2, 0.25) is 0 Å². The summed E-state index contributed by atoms with van der Waals surface area (Å²) in [4.78, 5) is 16.1. The average molecular weight is 319 g/mol. The van der Waals surface area contributed by atoms with Gasteiger partial charge in [-0.15, -0.1) is 11.3 Å². The second-order valence-electron chi connectivity index (χ2n) is 5.56. The van der Waals surface area contributed by atoms with Gasteiger partial charge in [0.05, 0.1) is 18.2 Å². The summed E-state index contributed by atoms with van der Waals surface area (Å²) in [6, 6.07) is 7.40. The van der Waals surface area contributed by atoms with Crippen molar-refractivity contribution in [2.45, 2.75) is 33.3 Å². The summed E-state index contributed by atoms with van der Waals surface area (Å²) in [5.74, 6) is -0.114. The van der Waals surface area contributed by atoms with Crippen LogP contribution in [0.4, 0.5) is 16.5 Å². The summed E-state index contributed by atoms with van der Waals surface area (Å²) in [6.45, 7) is 5.73. The van der Waals surface area contributed by atoms with Crippen molar-refractivity contribution in [3.63, 3.8) is 0 Å². The zero-order chi connectivity index (χ0) is 16.1. The predicted molar refractivity (Wildman–Crippen MR) is 90.7 cm³/mol. The van der Waals surface area contributed by atoms with Crippen molar-refractivity contribution in [2.75, 3.05) is 10.6 Å². The number of aliphatic hydroxyl groups excluding tert-OH is 1. The van der Waals surface area contributed by atoms with Crippen LogP contribution in [0.25, 0.3) is 0 Å². The quantitative estimate of drug-likeness (QED) is 0.761. The number of aromatic nitrogens is 1. The molecule has 6 heteroatoms. The molecule has 22 heavy (non-hydrogen) atoms. The fourth-order valence-corrected chi connectivity index (χ4v) is 2.52. The Bertz CT molecular complexity index is 623. The van der Waals surface area contributed by atoms with Gasteiger partial charge in [0.1, 0.15) is 0 Å². The molecular formula is C16H21N3O2S. The number of thiazole rings is 1. The molecule has 118 valence electrons. The molecule has 3 N–H and O–H groups in total. The molecule has 1 heterocycles. The topological polar surface area (TPSA) is 74.2 Å². The Hall–Kier alpha value is -1.92. The van der Waals surface area contributed by atoms with Crippen molar-refractivity contribution in [3.05, 3.63) is 35.3 Å². The van der Waals surface area contributed by atoms with Gasteiger partial charge in [-0.25, -0.2) is 4.98 Å². The first-order valence-electron chi connectivity index (χ1n) is 7.21. The minimum atomic E-state index is -0.617. The number of anilines is 3. The number of nitrogens with one attached hydrogen (secondary N) is 2. The van der Waals surface area contributed by atoms with Gasteiger partial charge in [-0.2, -0.15) is 0 Å². The average Bonchev–Trinajstić information content (AvgIpc) is 2.86. The molecule has 1 aromatic carbocycles. The Morgan fingerprint density at radius 3 is 2.45 bits per heavy atom. The number of aliphatic hydroxyl groups is 1. The van der Waals surface area contributed by atoms with Crippen LogP contribution in [0.3, 0.4) is 0 Å². The first-order chi connectivity index (χ1) is 10.4. The molecule has 2 aromatic rings.